The van der Waals surface area contributed by atoms with Gasteiger partial charge in [-0.25, -0.2) is 0 Å². The number of fused-ring (bicyclic) bond motifs is 4. The van der Waals surface area contributed by atoms with Gasteiger partial charge in [0.05, 0.1) is 18.6 Å². The third-order valence-electron chi connectivity index (χ3n) is 7.24. The summed E-state index contributed by atoms with van der Waals surface area (Å²) >= 11 is 1.75. The van der Waals surface area contributed by atoms with Crippen LogP contribution in [0.5, 0.6) is 0 Å². The number of hydrogen-bond acceptors (Lipinski definition) is 7. The number of hydrogen-bond donors (Lipinski definition) is 1. The predicted octanol–water partition coefficient (Wildman–Crippen LogP) is 6.84. The van der Waals surface area contributed by atoms with E-state index in [1.54, 1.807) is 23.6 Å². The Kier molecular flexibility index (Phi) is 7.18. The van der Waals surface area contributed by atoms with Gasteiger partial charge in [-0.2, -0.15) is 0 Å². The summed E-state index contributed by atoms with van der Waals surface area (Å²) in [5.74, 6) is 0.595. The van der Waals surface area contributed by atoms with Gasteiger partial charge in [0, 0.05) is 75.0 Å². The summed E-state index contributed by atoms with van der Waals surface area (Å²) in [6.07, 6.45) is 5.68. The van der Waals surface area contributed by atoms with Crippen molar-refractivity contribution in [1.82, 2.24) is 0 Å². The lowest BCUT2D eigenvalue weighted by Crippen LogP contribution is -2.36. The van der Waals surface area contributed by atoms with E-state index in [-0.39, 0.29) is 5.43 Å². The molecule has 198 valence electrons. The van der Waals surface area contributed by atoms with Crippen molar-refractivity contribution in [3.8, 4) is 11.1 Å². The van der Waals surface area contributed by atoms with Gasteiger partial charge < -0.3 is 19.8 Å². The van der Waals surface area contributed by atoms with Crippen molar-refractivity contribution in [2.24, 2.45) is 10.7 Å². The third-order valence-corrected chi connectivity index (χ3v) is 8.46. The fraction of sp³-hybridized carbons (Fsp3) is 0.250. The molecule has 3 aromatic carbocycles. The van der Waals surface area contributed by atoms with E-state index in [0.717, 1.165) is 51.7 Å². The molecule has 2 aromatic heterocycles. The first-order chi connectivity index (χ1) is 19.2. The first-order valence-corrected chi connectivity index (χ1v) is 14.3. The molecule has 0 unspecified atom stereocenters. The van der Waals surface area contributed by atoms with E-state index in [0.29, 0.717) is 43.2 Å². The molecule has 6 nitrogen and oxygen atoms in total. The van der Waals surface area contributed by atoms with Gasteiger partial charge in [-0.05, 0) is 30.2 Å². The van der Waals surface area contributed by atoms with Gasteiger partial charge in [0.1, 0.15) is 5.58 Å². The van der Waals surface area contributed by atoms with Crippen molar-refractivity contribution < 1.29 is 9.15 Å². The van der Waals surface area contributed by atoms with Crippen molar-refractivity contribution in [2.45, 2.75) is 19.8 Å². The number of morpholine rings is 1. The third kappa shape index (κ3) is 4.84. The van der Waals surface area contributed by atoms with Gasteiger partial charge in [0.2, 0.25) is 0 Å². The average Bonchev–Trinajstić information content (AvgIpc) is 3.36. The number of benzene rings is 3. The van der Waals surface area contributed by atoms with Crippen molar-refractivity contribution >= 4 is 60.2 Å². The van der Waals surface area contributed by atoms with Crippen LogP contribution in [0.3, 0.4) is 0 Å². The highest BCUT2D eigenvalue weighted by Gasteiger charge is 2.19. The van der Waals surface area contributed by atoms with E-state index in [1.165, 1.54) is 10.1 Å². The Morgan fingerprint density at radius 1 is 1.03 bits per heavy atom. The lowest BCUT2D eigenvalue weighted by molar-refractivity contribution is 0.121. The molecule has 39 heavy (non-hydrogen) atoms. The smallest absolute Gasteiger partial charge is 0.200 e. The Bertz CT molecular complexity index is 1780. The van der Waals surface area contributed by atoms with Crippen molar-refractivity contribution in [3.63, 3.8) is 0 Å². The molecule has 1 aliphatic rings. The maximum absolute atomic E-state index is 13.1. The lowest BCUT2D eigenvalue weighted by Gasteiger charge is -2.27. The topological polar surface area (TPSA) is 81.1 Å². The van der Waals surface area contributed by atoms with Crippen LogP contribution in [-0.4, -0.2) is 39.1 Å². The molecule has 1 saturated heterocycles. The lowest BCUT2D eigenvalue weighted by atomic mass is 9.99. The highest BCUT2D eigenvalue weighted by molar-refractivity contribution is 7.26. The molecule has 6 rings (SSSR count). The van der Waals surface area contributed by atoms with Crippen LogP contribution in [0.4, 0.5) is 5.88 Å². The summed E-state index contributed by atoms with van der Waals surface area (Å²) in [5, 5.41) is 2.92. The fourth-order valence-electron chi connectivity index (χ4n) is 5.13. The SMILES string of the molecule is CCCCN=C/C(=C\N)c1ccc2sc3c(-c4cccc5c(=O)cc(N6CCOCC6)oc45)cccc3c2c1. The molecule has 2 N–H and O–H groups in total. The molecule has 3 heterocycles. The van der Waals surface area contributed by atoms with Crippen LogP contribution in [0, 0.1) is 0 Å². The van der Waals surface area contributed by atoms with Gasteiger partial charge in [-0.3, -0.25) is 9.79 Å². The van der Waals surface area contributed by atoms with Gasteiger partial charge in [-0.1, -0.05) is 49.7 Å². The van der Waals surface area contributed by atoms with Gasteiger partial charge in [-0.15, -0.1) is 11.3 Å². The Labute approximate surface area is 231 Å². The Balaban J connectivity index is 1.48. The minimum absolute atomic E-state index is 0.0329. The van der Waals surface area contributed by atoms with Gasteiger partial charge >= 0.3 is 0 Å². The number of nitrogens with zero attached hydrogens (tertiary/aromatic N) is 2. The summed E-state index contributed by atoms with van der Waals surface area (Å²) in [6.45, 7) is 5.61. The molecule has 0 amide bonds. The summed E-state index contributed by atoms with van der Waals surface area (Å²) in [5.41, 5.74) is 10.5. The monoisotopic (exact) mass is 537 g/mol. The average molecular weight is 538 g/mol. The molecule has 0 atom stereocenters. The van der Waals surface area contributed by atoms with E-state index >= 15 is 0 Å². The number of allylic oxidation sites excluding steroid dienone is 1. The van der Waals surface area contributed by atoms with Crippen LogP contribution in [0.15, 0.2) is 81.1 Å². The number of para-hydroxylation sites is 1. The zero-order valence-electron chi connectivity index (χ0n) is 22.0. The molecular weight excluding hydrogens is 506 g/mol. The van der Waals surface area contributed by atoms with Crippen molar-refractivity contribution in [3.05, 3.63) is 82.7 Å². The molecule has 0 aliphatic carbocycles. The molecular formula is C32H31N3O3S. The van der Waals surface area contributed by atoms with Crippen molar-refractivity contribution in [1.29, 1.82) is 0 Å². The maximum atomic E-state index is 13.1. The second kappa shape index (κ2) is 11.0. The Morgan fingerprint density at radius 3 is 2.62 bits per heavy atom. The minimum atomic E-state index is -0.0329. The van der Waals surface area contributed by atoms with E-state index in [9.17, 15) is 4.79 Å². The van der Waals surface area contributed by atoms with Crippen LogP contribution in [-0.2, 0) is 4.74 Å². The number of rotatable bonds is 7. The number of ether oxygens (including phenoxy) is 1. The predicted molar refractivity (Wildman–Crippen MR) is 164 cm³/mol. The van der Waals surface area contributed by atoms with Crippen LogP contribution < -0.4 is 16.1 Å². The Hall–Kier alpha value is -3.94. The number of unbranched alkanes of at least 4 members (excludes halogenated alkanes) is 1. The van der Waals surface area contributed by atoms with Crippen LogP contribution >= 0.6 is 11.3 Å². The zero-order valence-corrected chi connectivity index (χ0v) is 22.8. The molecule has 1 aliphatic heterocycles. The van der Waals surface area contributed by atoms with E-state index in [4.69, 9.17) is 14.9 Å². The van der Waals surface area contributed by atoms with E-state index in [2.05, 4.69) is 53.2 Å². The zero-order chi connectivity index (χ0) is 26.8. The number of thiophene rings is 1. The molecule has 0 spiro atoms. The normalized spacial score (nSPS) is 14.8. The van der Waals surface area contributed by atoms with Crippen LogP contribution in [0.2, 0.25) is 0 Å². The summed E-state index contributed by atoms with van der Waals surface area (Å²) in [7, 11) is 0. The quantitative estimate of drug-likeness (QED) is 0.182. The summed E-state index contributed by atoms with van der Waals surface area (Å²) in [6, 6.07) is 20.2. The molecule has 5 aromatic rings. The van der Waals surface area contributed by atoms with Crippen LogP contribution in [0.25, 0.3) is 47.8 Å². The molecule has 1 fully saturated rings. The first kappa shape index (κ1) is 25.3. The van der Waals surface area contributed by atoms with E-state index in [1.807, 2.05) is 24.4 Å². The fourth-order valence-corrected chi connectivity index (χ4v) is 6.34. The van der Waals surface area contributed by atoms with Gasteiger partial charge in [0.25, 0.3) is 0 Å². The Morgan fingerprint density at radius 2 is 1.82 bits per heavy atom. The molecule has 7 heteroatoms. The number of nitrogens with two attached hydrogens (primary N) is 1. The highest BCUT2D eigenvalue weighted by Crippen LogP contribution is 2.42. The molecule has 0 saturated carbocycles. The summed E-state index contributed by atoms with van der Waals surface area (Å²) in [4.78, 5) is 19.8. The van der Waals surface area contributed by atoms with Gasteiger partial charge in [0.15, 0.2) is 11.3 Å². The highest BCUT2D eigenvalue weighted by atomic mass is 32.1. The maximum Gasteiger partial charge on any atom is 0.200 e. The van der Waals surface area contributed by atoms with Crippen molar-refractivity contribution in [2.75, 3.05) is 37.7 Å². The first-order valence-electron chi connectivity index (χ1n) is 13.4. The summed E-state index contributed by atoms with van der Waals surface area (Å²) < 4.78 is 14.3. The molecule has 0 radical (unpaired) electrons. The van der Waals surface area contributed by atoms with E-state index < -0.39 is 0 Å². The largest absolute Gasteiger partial charge is 0.440 e. The second-order valence-corrected chi connectivity index (χ2v) is 10.8. The number of aliphatic imine (C=N–C) groups is 1. The standard InChI is InChI=1S/C32H31N3O3S/c1-2-3-12-34-20-22(19-33)21-10-11-29-27(17-21)25-8-5-7-24(32(25)39-29)23-6-4-9-26-28(36)18-30(38-31(23)26)35-13-15-37-16-14-35/h4-11,17-20H,2-3,12-16,33H2,1H3/b22-19+,34-20?. The molecule has 0 bridgehead atoms. The number of anilines is 1. The second-order valence-electron chi connectivity index (χ2n) is 9.74. The minimum Gasteiger partial charge on any atom is -0.440 e. The van der Waals surface area contributed by atoms with Crippen LogP contribution in [0.1, 0.15) is 25.3 Å².